The van der Waals surface area contributed by atoms with E-state index >= 15 is 0 Å². The number of nitrogen functional groups attached to an aromatic ring is 1. The zero-order chi connectivity index (χ0) is 19.1. The van der Waals surface area contributed by atoms with Gasteiger partial charge in [0.1, 0.15) is 10.7 Å². The zero-order valence-electron chi connectivity index (χ0n) is 12.7. The summed E-state index contributed by atoms with van der Waals surface area (Å²) >= 11 is 8.27. The highest BCUT2D eigenvalue weighted by Crippen LogP contribution is 2.35. The van der Waals surface area contributed by atoms with Crippen molar-refractivity contribution in [3.63, 3.8) is 0 Å². The molecule has 0 bridgehead atoms. The standard InChI is InChI=1S/C14H10ClFIN5O3S/c15-8-3-6(17)1-2-10(8)20-11-5-9(16)12(26(19,23)24)4-7(11)13-21-22-14(18)25-13/h1-5,20H,(H2,18,22)(H2,19,23,24). The molecule has 0 atom stereocenters. The summed E-state index contributed by atoms with van der Waals surface area (Å²) in [7, 11) is -4.31. The van der Waals surface area contributed by atoms with E-state index in [1.54, 1.807) is 18.2 Å². The molecule has 0 aliphatic heterocycles. The van der Waals surface area contributed by atoms with E-state index in [4.69, 9.17) is 26.9 Å². The number of aromatic nitrogens is 2. The lowest BCUT2D eigenvalue weighted by Crippen LogP contribution is -2.14. The van der Waals surface area contributed by atoms with Crippen LogP contribution in [0.2, 0.25) is 5.02 Å². The van der Waals surface area contributed by atoms with Gasteiger partial charge in [0, 0.05) is 3.57 Å². The third-order valence-electron chi connectivity index (χ3n) is 3.25. The maximum Gasteiger partial charge on any atom is 0.313 e. The minimum Gasteiger partial charge on any atom is -0.403 e. The summed E-state index contributed by atoms with van der Waals surface area (Å²) in [6.45, 7) is 0. The van der Waals surface area contributed by atoms with Gasteiger partial charge in [0.25, 0.3) is 5.89 Å². The predicted octanol–water partition coefficient (Wildman–Crippen LogP) is 3.11. The van der Waals surface area contributed by atoms with Crippen molar-refractivity contribution < 1.29 is 17.2 Å². The largest absolute Gasteiger partial charge is 0.403 e. The fraction of sp³-hybridized carbons (Fsp3) is 0. The van der Waals surface area contributed by atoms with E-state index in [1.165, 1.54) is 0 Å². The van der Waals surface area contributed by atoms with Gasteiger partial charge in [-0.1, -0.05) is 16.7 Å². The molecular weight excluding hydrogens is 500 g/mol. The minimum absolute atomic E-state index is 0.0919. The van der Waals surface area contributed by atoms with Crippen LogP contribution < -0.4 is 16.2 Å². The van der Waals surface area contributed by atoms with E-state index < -0.39 is 20.7 Å². The number of anilines is 3. The molecule has 0 spiro atoms. The number of benzene rings is 2. The number of rotatable bonds is 4. The molecule has 0 amide bonds. The van der Waals surface area contributed by atoms with Gasteiger partial charge in [-0.2, -0.15) is 0 Å². The second kappa shape index (κ2) is 6.98. The van der Waals surface area contributed by atoms with Gasteiger partial charge in [0.05, 0.1) is 22.0 Å². The van der Waals surface area contributed by atoms with Crippen LogP contribution in [-0.2, 0) is 10.0 Å². The summed E-state index contributed by atoms with van der Waals surface area (Å²) in [5.41, 5.74) is 6.11. The monoisotopic (exact) mass is 509 g/mol. The first-order chi connectivity index (χ1) is 12.1. The summed E-state index contributed by atoms with van der Waals surface area (Å²) in [5, 5.41) is 15.6. The van der Waals surface area contributed by atoms with Crippen LogP contribution >= 0.6 is 34.2 Å². The fourth-order valence-corrected chi connectivity index (χ4v) is 3.65. The van der Waals surface area contributed by atoms with Crippen LogP contribution in [0, 0.1) is 9.39 Å². The molecule has 12 heteroatoms. The lowest BCUT2D eigenvalue weighted by atomic mass is 10.1. The lowest BCUT2D eigenvalue weighted by molar-refractivity contribution is 0.567. The van der Waals surface area contributed by atoms with Gasteiger partial charge >= 0.3 is 6.01 Å². The molecule has 0 fully saturated rings. The Morgan fingerprint density at radius 2 is 1.92 bits per heavy atom. The number of nitrogens with one attached hydrogen (secondary N) is 1. The summed E-state index contributed by atoms with van der Waals surface area (Å²) in [4.78, 5) is -0.719. The first-order valence-corrected chi connectivity index (χ1v) is 9.83. The maximum absolute atomic E-state index is 14.3. The summed E-state index contributed by atoms with van der Waals surface area (Å²) in [5.74, 6) is -1.16. The van der Waals surface area contributed by atoms with E-state index in [0.717, 1.165) is 15.7 Å². The molecule has 26 heavy (non-hydrogen) atoms. The van der Waals surface area contributed by atoms with E-state index in [1.807, 2.05) is 0 Å². The second-order valence-electron chi connectivity index (χ2n) is 5.07. The van der Waals surface area contributed by atoms with Crippen molar-refractivity contribution in [1.29, 1.82) is 0 Å². The molecule has 136 valence electrons. The molecule has 1 heterocycles. The van der Waals surface area contributed by atoms with Gasteiger partial charge in [-0.25, -0.2) is 17.9 Å². The molecule has 2 aromatic carbocycles. The van der Waals surface area contributed by atoms with Crippen LogP contribution in [-0.4, -0.2) is 18.6 Å². The maximum atomic E-state index is 14.3. The van der Waals surface area contributed by atoms with Crippen LogP contribution in [0.5, 0.6) is 0 Å². The third-order valence-corrected chi connectivity index (χ3v) is 5.16. The van der Waals surface area contributed by atoms with Crippen molar-refractivity contribution in [2.75, 3.05) is 11.1 Å². The van der Waals surface area contributed by atoms with E-state index in [9.17, 15) is 12.8 Å². The molecule has 0 saturated heterocycles. The summed E-state index contributed by atoms with van der Waals surface area (Å²) < 4.78 is 43.5. The molecule has 0 unspecified atom stereocenters. The number of sulfonamides is 1. The van der Waals surface area contributed by atoms with Gasteiger partial charge in [-0.3, -0.25) is 0 Å². The number of primary sulfonamides is 1. The number of nitrogens with two attached hydrogens (primary N) is 2. The molecule has 0 aliphatic rings. The first kappa shape index (κ1) is 18.8. The predicted molar refractivity (Wildman–Crippen MR) is 103 cm³/mol. The quantitative estimate of drug-likeness (QED) is 0.460. The summed E-state index contributed by atoms with van der Waals surface area (Å²) in [6, 6.07) is 6.86. The first-order valence-electron chi connectivity index (χ1n) is 6.83. The highest BCUT2D eigenvalue weighted by atomic mass is 127. The fourth-order valence-electron chi connectivity index (χ4n) is 2.13. The average Bonchev–Trinajstić information content (AvgIpc) is 2.95. The molecule has 3 rings (SSSR count). The number of nitrogens with zero attached hydrogens (tertiary/aromatic N) is 2. The van der Waals surface area contributed by atoms with Crippen molar-refractivity contribution in [3.8, 4) is 11.5 Å². The Morgan fingerprint density at radius 3 is 2.50 bits per heavy atom. The highest BCUT2D eigenvalue weighted by Gasteiger charge is 2.22. The van der Waals surface area contributed by atoms with E-state index in [0.29, 0.717) is 10.7 Å². The summed E-state index contributed by atoms with van der Waals surface area (Å²) in [6.07, 6.45) is 0. The van der Waals surface area contributed by atoms with Crippen LogP contribution in [0.1, 0.15) is 0 Å². The number of halogens is 3. The Bertz CT molecular complexity index is 1110. The molecule has 0 saturated carbocycles. The van der Waals surface area contributed by atoms with Crippen LogP contribution in [0.25, 0.3) is 11.5 Å². The van der Waals surface area contributed by atoms with Crippen molar-refractivity contribution in [3.05, 3.63) is 44.7 Å². The number of hydrogen-bond acceptors (Lipinski definition) is 7. The van der Waals surface area contributed by atoms with Crippen molar-refractivity contribution in [2.24, 2.45) is 5.14 Å². The molecule has 3 aromatic rings. The molecule has 0 aliphatic carbocycles. The normalized spacial score (nSPS) is 11.5. The Kier molecular flexibility index (Phi) is 5.05. The molecule has 1 aromatic heterocycles. The van der Waals surface area contributed by atoms with E-state index in [-0.39, 0.29) is 23.2 Å². The Labute approximate surface area is 165 Å². The number of hydrogen-bond donors (Lipinski definition) is 3. The smallest absolute Gasteiger partial charge is 0.313 e. The van der Waals surface area contributed by atoms with Crippen molar-refractivity contribution in [2.45, 2.75) is 4.90 Å². The second-order valence-corrected chi connectivity index (χ2v) is 8.25. The Balaban J connectivity index is 2.18. The Hall–Kier alpha value is -1.96. The third kappa shape index (κ3) is 3.90. The Morgan fingerprint density at radius 1 is 1.19 bits per heavy atom. The molecule has 0 radical (unpaired) electrons. The zero-order valence-corrected chi connectivity index (χ0v) is 16.4. The molecule has 5 N–H and O–H groups in total. The van der Waals surface area contributed by atoms with Gasteiger partial charge in [0.2, 0.25) is 10.0 Å². The van der Waals surface area contributed by atoms with E-state index in [2.05, 4.69) is 38.1 Å². The van der Waals surface area contributed by atoms with Crippen molar-refractivity contribution in [1.82, 2.24) is 10.2 Å². The molecule has 8 nitrogen and oxygen atoms in total. The van der Waals surface area contributed by atoms with Crippen LogP contribution in [0.4, 0.5) is 21.8 Å². The van der Waals surface area contributed by atoms with Crippen LogP contribution in [0.15, 0.2) is 39.6 Å². The highest BCUT2D eigenvalue weighted by molar-refractivity contribution is 14.1. The van der Waals surface area contributed by atoms with Crippen molar-refractivity contribution >= 4 is 61.6 Å². The van der Waals surface area contributed by atoms with Gasteiger partial charge in [-0.15, -0.1) is 5.10 Å². The SMILES string of the molecule is Nc1nnc(-c2cc(S(N)(=O)=O)c(F)cc2Nc2ccc(I)cc2Cl)o1. The van der Waals surface area contributed by atoms with Crippen LogP contribution in [0.3, 0.4) is 0 Å². The van der Waals surface area contributed by atoms with Gasteiger partial charge < -0.3 is 15.5 Å². The van der Waals surface area contributed by atoms with Gasteiger partial charge in [-0.05, 0) is 52.9 Å². The topological polar surface area (TPSA) is 137 Å². The molecular formula is C14H10ClFIN5O3S. The average molecular weight is 510 g/mol. The minimum atomic E-state index is -4.31. The lowest BCUT2D eigenvalue weighted by Gasteiger charge is -2.13. The van der Waals surface area contributed by atoms with Gasteiger partial charge in [0.15, 0.2) is 0 Å².